The summed E-state index contributed by atoms with van der Waals surface area (Å²) in [5, 5.41) is 17.9. The van der Waals surface area contributed by atoms with Crippen LogP contribution < -0.4 is 10.5 Å². The highest BCUT2D eigenvalue weighted by Crippen LogP contribution is 2.17. The number of benzene rings is 1. The number of hydrogen-bond donors (Lipinski definition) is 2. The van der Waals surface area contributed by atoms with Crippen LogP contribution in [-0.4, -0.2) is 31.3 Å². The third-order valence-corrected chi connectivity index (χ3v) is 4.01. The summed E-state index contributed by atoms with van der Waals surface area (Å²) >= 11 is 0. The van der Waals surface area contributed by atoms with Crippen molar-refractivity contribution < 1.29 is 32.1 Å². The molecule has 1 unspecified atom stereocenters. The average molecular weight is 383 g/mol. The lowest BCUT2D eigenvalue weighted by Gasteiger charge is -2.12. The molecule has 2 aromatic rings. The SMILES string of the molecule is CC(OC(=O)c1ccc([N+](=O)[O-])o1)C(=O)Nc1ccc(S(N)(=O)=O)cc1. The van der Waals surface area contributed by atoms with E-state index < -0.39 is 44.6 Å². The van der Waals surface area contributed by atoms with Crippen LogP contribution in [0.5, 0.6) is 0 Å². The van der Waals surface area contributed by atoms with E-state index in [0.717, 1.165) is 12.1 Å². The van der Waals surface area contributed by atoms with Gasteiger partial charge in [0.2, 0.25) is 15.8 Å². The fraction of sp³-hybridized carbons (Fsp3) is 0.143. The van der Waals surface area contributed by atoms with E-state index in [1.54, 1.807) is 0 Å². The van der Waals surface area contributed by atoms with Gasteiger partial charge in [0, 0.05) is 5.69 Å². The number of esters is 1. The molecule has 0 fully saturated rings. The predicted molar refractivity (Wildman–Crippen MR) is 86.7 cm³/mol. The number of anilines is 1. The molecule has 0 spiro atoms. The number of amides is 1. The summed E-state index contributed by atoms with van der Waals surface area (Å²) in [5.74, 6) is -2.81. The molecule has 1 aromatic carbocycles. The van der Waals surface area contributed by atoms with Crippen molar-refractivity contribution >= 4 is 33.5 Å². The topological polar surface area (TPSA) is 172 Å². The lowest BCUT2D eigenvalue weighted by Crippen LogP contribution is -2.29. The number of nitro groups is 1. The van der Waals surface area contributed by atoms with Crippen molar-refractivity contribution in [2.24, 2.45) is 5.14 Å². The molecular weight excluding hydrogens is 370 g/mol. The number of hydrogen-bond acceptors (Lipinski definition) is 8. The van der Waals surface area contributed by atoms with E-state index in [-0.39, 0.29) is 10.6 Å². The first-order valence-electron chi connectivity index (χ1n) is 6.97. The molecule has 0 saturated carbocycles. The Bertz CT molecular complexity index is 949. The number of sulfonamides is 1. The summed E-state index contributed by atoms with van der Waals surface area (Å²) in [6.45, 7) is 1.28. The number of carbonyl (C=O) groups excluding carboxylic acids is 2. The standard InChI is InChI=1S/C14H13N3O8S/c1-8(24-14(19)11-6-7-12(25-11)17(20)21)13(18)16-9-2-4-10(5-3-9)26(15,22)23/h2-8H,1H3,(H,16,18)(H2,15,22,23). The largest absolute Gasteiger partial charge is 0.447 e. The molecule has 1 amide bonds. The van der Waals surface area contributed by atoms with Gasteiger partial charge in [0.15, 0.2) is 6.10 Å². The van der Waals surface area contributed by atoms with Crippen molar-refractivity contribution in [3.05, 3.63) is 52.3 Å². The molecule has 0 aliphatic carbocycles. The van der Waals surface area contributed by atoms with Crippen molar-refractivity contribution in [1.82, 2.24) is 0 Å². The minimum absolute atomic E-state index is 0.130. The Morgan fingerprint density at radius 2 is 1.85 bits per heavy atom. The van der Waals surface area contributed by atoms with E-state index in [1.165, 1.54) is 31.2 Å². The van der Waals surface area contributed by atoms with E-state index in [0.29, 0.717) is 0 Å². The number of carbonyl (C=O) groups is 2. The third-order valence-electron chi connectivity index (χ3n) is 3.08. The maximum Gasteiger partial charge on any atom is 0.433 e. The first-order chi connectivity index (χ1) is 12.1. The van der Waals surface area contributed by atoms with Crippen LogP contribution in [-0.2, 0) is 19.6 Å². The van der Waals surface area contributed by atoms with Gasteiger partial charge in [-0.25, -0.2) is 18.4 Å². The Labute approximate surface area is 146 Å². The van der Waals surface area contributed by atoms with Crippen molar-refractivity contribution in [2.45, 2.75) is 17.9 Å². The Morgan fingerprint density at radius 3 is 2.35 bits per heavy atom. The molecule has 1 heterocycles. The van der Waals surface area contributed by atoms with E-state index in [4.69, 9.17) is 9.88 Å². The number of nitrogens with one attached hydrogen (secondary N) is 1. The summed E-state index contributed by atoms with van der Waals surface area (Å²) in [5.41, 5.74) is 0.249. The van der Waals surface area contributed by atoms with Crippen LogP contribution in [0, 0.1) is 10.1 Å². The fourth-order valence-electron chi connectivity index (χ4n) is 1.78. The maximum absolute atomic E-state index is 12.0. The molecule has 1 aromatic heterocycles. The smallest absolute Gasteiger partial charge is 0.433 e. The molecule has 1 atom stereocenters. The monoisotopic (exact) mass is 383 g/mol. The summed E-state index contributed by atoms with van der Waals surface area (Å²) in [6, 6.07) is 7.04. The summed E-state index contributed by atoms with van der Waals surface area (Å²) in [4.78, 5) is 33.4. The highest BCUT2D eigenvalue weighted by atomic mass is 32.2. The zero-order chi connectivity index (χ0) is 19.5. The molecule has 3 N–H and O–H groups in total. The quantitative estimate of drug-likeness (QED) is 0.422. The normalized spacial score (nSPS) is 12.2. The number of primary sulfonamides is 1. The minimum Gasteiger partial charge on any atom is -0.447 e. The van der Waals surface area contributed by atoms with Gasteiger partial charge in [0.05, 0.1) is 11.0 Å². The van der Waals surface area contributed by atoms with Crippen LogP contribution in [0.2, 0.25) is 0 Å². The number of nitrogens with two attached hydrogens (primary N) is 1. The van der Waals surface area contributed by atoms with E-state index in [9.17, 15) is 28.1 Å². The molecule has 138 valence electrons. The van der Waals surface area contributed by atoms with Crippen LogP contribution in [0.1, 0.15) is 17.5 Å². The molecule has 12 heteroatoms. The molecule has 0 bridgehead atoms. The van der Waals surface area contributed by atoms with E-state index in [1.807, 2.05) is 0 Å². The van der Waals surface area contributed by atoms with Gasteiger partial charge in [-0.2, -0.15) is 0 Å². The fourth-order valence-corrected chi connectivity index (χ4v) is 2.29. The molecule has 2 rings (SSSR count). The first kappa shape index (κ1) is 19.1. The van der Waals surface area contributed by atoms with Crippen LogP contribution in [0.15, 0.2) is 45.7 Å². The van der Waals surface area contributed by atoms with Gasteiger partial charge in [-0.3, -0.25) is 14.9 Å². The van der Waals surface area contributed by atoms with Crippen molar-refractivity contribution in [3.8, 4) is 0 Å². The Balaban J connectivity index is 1.98. The zero-order valence-electron chi connectivity index (χ0n) is 13.2. The molecule has 0 aliphatic heterocycles. The second-order valence-corrected chi connectivity index (χ2v) is 6.56. The molecule has 0 saturated heterocycles. The molecular formula is C14H13N3O8S. The number of nitrogens with zero attached hydrogens (tertiary/aromatic N) is 1. The van der Waals surface area contributed by atoms with E-state index in [2.05, 4.69) is 9.73 Å². The number of ether oxygens (including phenoxy) is 1. The summed E-state index contributed by atoms with van der Waals surface area (Å²) in [6.07, 6.45) is -1.25. The Morgan fingerprint density at radius 1 is 1.23 bits per heavy atom. The van der Waals surface area contributed by atoms with Crippen molar-refractivity contribution in [2.75, 3.05) is 5.32 Å². The van der Waals surface area contributed by atoms with Crippen LogP contribution in [0.4, 0.5) is 11.6 Å². The third kappa shape index (κ3) is 4.64. The lowest BCUT2D eigenvalue weighted by atomic mass is 10.3. The molecule has 11 nitrogen and oxygen atoms in total. The zero-order valence-corrected chi connectivity index (χ0v) is 14.1. The lowest BCUT2D eigenvalue weighted by molar-refractivity contribution is -0.402. The van der Waals surface area contributed by atoms with Crippen LogP contribution in [0.3, 0.4) is 0 Å². The van der Waals surface area contributed by atoms with E-state index >= 15 is 0 Å². The molecule has 26 heavy (non-hydrogen) atoms. The Kier molecular flexibility index (Phi) is 5.38. The maximum atomic E-state index is 12.0. The van der Waals surface area contributed by atoms with Gasteiger partial charge < -0.3 is 14.5 Å². The van der Waals surface area contributed by atoms with Gasteiger partial charge in [-0.05, 0) is 37.3 Å². The van der Waals surface area contributed by atoms with Crippen molar-refractivity contribution in [3.63, 3.8) is 0 Å². The van der Waals surface area contributed by atoms with Crippen LogP contribution >= 0.6 is 0 Å². The first-order valence-corrected chi connectivity index (χ1v) is 8.51. The molecule has 0 radical (unpaired) electrons. The van der Waals surface area contributed by atoms with Crippen LogP contribution in [0.25, 0.3) is 0 Å². The predicted octanol–water partition coefficient (Wildman–Crippen LogP) is 1.02. The van der Waals surface area contributed by atoms with Gasteiger partial charge in [0.25, 0.3) is 5.91 Å². The second kappa shape index (κ2) is 7.33. The van der Waals surface area contributed by atoms with Crippen molar-refractivity contribution in [1.29, 1.82) is 0 Å². The highest BCUT2D eigenvalue weighted by molar-refractivity contribution is 7.89. The number of rotatable bonds is 6. The average Bonchev–Trinajstić information content (AvgIpc) is 3.04. The highest BCUT2D eigenvalue weighted by Gasteiger charge is 2.23. The van der Waals surface area contributed by atoms with Gasteiger partial charge in [0.1, 0.15) is 4.92 Å². The van der Waals surface area contributed by atoms with Gasteiger partial charge in [-0.15, -0.1) is 0 Å². The Hall–Kier alpha value is -3.25. The summed E-state index contributed by atoms with van der Waals surface area (Å²) in [7, 11) is -3.86. The second-order valence-electron chi connectivity index (χ2n) is 5.00. The van der Waals surface area contributed by atoms with Gasteiger partial charge >= 0.3 is 11.9 Å². The minimum atomic E-state index is -3.86. The van der Waals surface area contributed by atoms with Gasteiger partial charge in [-0.1, -0.05) is 0 Å². The molecule has 0 aliphatic rings. The summed E-state index contributed by atoms with van der Waals surface area (Å²) < 4.78 is 31.8. The number of furan rings is 1.